The first kappa shape index (κ1) is 20.6. The number of nitrogens with two attached hydrogens (primary N) is 1. The van der Waals surface area contributed by atoms with E-state index in [-0.39, 0.29) is 23.3 Å². The van der Waals surface area contributed by atoms with Gasteiger partial charge < -0.3 is 20.7 Å². The Bertz CT molecular complexity index is 1110. The van der Waals surface area contributed by atoms with E-state index >= 15 is 0 Å². The zero-order chi connectivity index (χ0) is 22.0. The highest BCUT2D eigenvalue weighted by atomic mass is 16.5. The van der Waals surface area contributed by atoms with Crippen LogP contribution in [0.2, 0.25) is 0 Å². The number of phenolic OH excluding ortho intramolecular Hbond substituents is 2. The van der Waals surface area contributed by atoms with E-state index in [1.54, 1.807) is 24.3 Å². The first-order valence-electron chi connectivity index (χ1n) is 10.3. The van der Waals surface area contributed by atoms with Crippen molar-refractivity contribution in [1.82, 2.24) is 4.90 Å². The van der Waals surface area contributed by atoms with Gasteiger partial charge in [-0.15, -0.1) is 0 Å². The van der Waals surface area contributed by atoms with Gasteiger partial charge >= 0.3 is 0 Å². The number of nitrogens with zero attached hydrogens (tertiary/aromatic N) is 2. The zero-order valence-corrected chi connectivity index (χ0v) is 17.4. The third-order valence-corrected chi connectivity index (χ3v) is 5.61. The van der Waals surface area contributed by atoms with Crippen molar-refractivity contribution in [1.29, 1.82) is 5.26 Å². The lowest BCUT2D eigenvalue weighted by atomic mass is 9.80. The molecule has 0 aromatic heterocycles. The molecular weight excluding hydrogens is 390 g/mol. The maximum absolute atomic E-state index is 9.84. The molecule has 6 nitrogen and oxygen atoms in total. The lowest BCUT2D eigenvalue weighted by Crippen LogP contribution is -2.38. The van der Waals surface area contributed by atoms with Gasteiger partial charge in [-0.25, -0.2) is 0 Å². The Labute approximate surface area is 181 Å². The fourth-order valence-corrected chi connectivity index (χ4v) is 4.23. The molecule has 31 heavy (non-hydrogen) atoms. The summed E-state index contributed by atoms with van der Waals surface area (Å²) in [4.78, 5) is 2.33. The summed E-state index contributed by atoms with van der Waals surface area (Å²) in [5.74, 6) is 0.863. The molecule has 6 heteroatoms. The topological polar surface area (TPSA) is 103 Å². The van der Waals surface area contributed by atoms with Gasteiger partial charge in [0.05, 0.1) is 5.92 Å². The van der Waals surface area contributed by atoms with Gasteiger partial charge in [-0.05, 0) is 60.0 Å². The Morgan fingerprint density at radius 2 is 1.74 bits per heavy atom. The Kier molecular flexibility index (Phi) is 5.70. The molecule has 2 aromatic rings. The molecule has 0 saturated carbocycles. The highest BCUT2D eigenvalue weighted by Gasteiger charge is 2.37. The molecule has 0 fully saturated rings. The molecule has 2 aliphatic heterocycles. The second-order valence-electron chi connectivity index (χ2n) is 7.84. The van der Waals surface area contributed by atoms with Crippen LogP contribution in [0.1, 0.15) is 30.4 Å². The number of nitriles is 1. The molecule has 0 radical (unpaired) electrons. The van der Waals surface area contributed by atoms with Crippen LogP contribution in [0.4, 0.5) is 0 Å². The fourth-order valence-electron chi connectivity index (χ4n) is 4.23. The molecule has 1 atom stereocenters. The van der Waals surface area contributed by atoms with E-state index in [9.17, 15) is 15.5 Å². The Hall–Kier alpha value is -3.69. The molecule has 4 N–H and O–H groups in total. The number of hydrogen-bond acceptors (Lipinski definition) is 6. The predicted molar refractivity (Wildman–Crippen MR) is 119 cm³/mol. The lowest BCUT2D eigenvalue weighted by molar-refractivity contribution is 0.234. The van der Waals surface area contributed by atoms with Crippen LogP contribution in [0.5, 0.6) is 11.5 Å². The first-order valence-corrected chi connectivity index (χ1v) is 10.3. The normalized spacial score (nSPS) is 20.4. The van der Waals surface area contributed by atoms with Crippen molar-refractivity contribution < 1.29 is 14.9 Å². The molecule has 0 saturated heterocycles. The van der Waals surface area contributed by atoms with Crippen molar-refractivity contribution in [3.63, 3.8) is 0 Å². The predicted octanol–water partition coefficient (Wildman–Crippen LogP) is 3.97. The van der Waals surface area contributed by atoms with Crippen molar-refractivity contribution in [2.75, 3.05) is 19.6 Å². The van der Waals surface area contributed by atoms with Gasteiger partial charge in [0.25, 0.3) is 0 Å². The number of ether oxygens (including phenoxy) is 1. The second kappa shape index (κ2) is 8.58. The van der Waals surface area contributed by atoms with E-state index in [0.29, 0.717) is 24.4 Å². The van der Waals surface area contributed by atoms with Crippen LogP contribution in [0.3, 0.4) is 0 Å². The van der Waals surface area contributed by atoms with Gasteiger partial charge in [0, 0.05) is 18.7 Å². The average molecular weight is 415 g/mol. The SMILES string of the molecule is CCCN1CC2=C(OC(N)=C(C#N)C2c2ccc(O)cc2)/C(=C/c2ccc(O)cc2)C1. The third kappa shape index (κ3) is 4.14. The van der Waals surface area contributed by atoms with E-state index < -0.39 is 0 Å². The quantitative estimate of drug-likeness (QED) is 0.698. The zero-order valence-electron chi connectivity index (χ0n) is 17.4. The van der Waals surface area contributed by atoms with Crippen molar-refractivity contribution in [2.24, 2.45) is 5.73 Å². The number of rotatable bonds is 4. The van der Waals surface area contributed by atoms with Gasteiger partial charge in [-0.3, -0.25) is 4.90 Å². The smallest absolute Gasteiger partial charge is 0.205 e. The first-order chi connectivity index (χ1) is 15.0. The molecule has 1 unspecified atom stereocenters. The summed E-state index contributed by atoms with van der Waals surface area (Å²) in [5.41, 5.74) is 10.4. The van der Waals surface area contributed by atoms with Gasteiger partial charge in [-0.2, -0.15) is 5.26 Å². The lowest BCUT2D eigenvalue weighted by Gasteiger charge is -2.38. The van der Waals surface area contributed by atoms with Crippen molar-refractivity contribution in [3.8, 4) is 17.6 Å². The number of phenols is 2. The number of allylic oxidation sites excluding steroid dienone is 1. The Morgan fingerprint density at radius 3 is 2.35 bits per heavy atom. The average Bonchev–Trinajstić information content (AvgIpc) is 2.76. The van der Waals surface area contributed by atoms with Crippen LogP contribution in [-0.2, 0) is 4.74 Å². The summed E-state index contributed by atoms with van der Waals surface area (Å²) in [5, 5.41) is 29.2. The minimum absolute atomic E-state index is 0.111. The highest BCUT2D eigenvalue weighted by Crippen LogP contribution is 2.44. The van der Waals surface area contributed by atoms with Gasteiger partial charge in [0.1, 0.15) is 28.9 Å². The summed E-state index contributed by atoms with van der Waals surface area (Å²) in [6, 6.07) is 16.1. The van der Waals surface area contributed by atoms with Gasteiger partial charge in [0.15, 0.2) is 0 Å². The number of hydrogen-bond donors (Lipinski definition) is 3. The maximum atomic E-state index is 9.84. The molecule has 2 aromatic carbocycles. The van der Waals surface area contributed by atoms with E-state index in [1.165, 1.54) is 0 Å². The standard InChI is InChI=1S/C25H25N3O3/c1-2-11-28-14-18(12-16-3-7-19(29)8-4-16)24-22(15-28)23(21(13-26)25(27)31-24)17-5-9-20(30)10-6-17/h3-10,12,23,29-30H,2,11,14-15,27H2,1H3/b18-12+. The minimum Gasteiger partial charge on any atom is -0.508 e. The molecule has 0 aliphatic carbocycles. The maximum Gasteiger partial charge on any atom is 0.205 e. The van der Waals surface area contributed by atoms with Crippen LogP contribution >= 0.6 is 0 Å². The molecular formula is C25H25N3O3. The van der Waals surface area contributed by atoms with Gasteiger partial charge in [0.2, 0.25) is 5.88 Å². The van der Waals surface area contributed by atoms with E-state index in [0.717, 1.165) is 35.2 Å². The van der Waals surface area contributed by atoms with Gasteiger partial charge in [-0.1, -0.05) is 31.2 Å². The number of benzene rings is 2. The highest BCUT2D eigenvalue weighted by molar-refractivity contribution is 5.63. The van der Waals surface area contributed by atoms with E-state index in [1.807, 2.05) is 30.3 Å². The second-order valence-corrected chi connectivity index (χ2v) is 7.84. The molecule has 0 amide bonds. The Balaban J connectivity index is 1.85. The summed E-state index contributed by atoms with van der Waals surface area (Å²) >= 11 is 0. The van der Waals surface area contributed by atoms with Crippen molar-refractivity contribution in [2.45, 2.75) is 19.3 Å². The van der Waals surface area contributed by atoms with Crippen LogP contribution in [0.25, 0.3) is 6.08 Å². The van der Waals surface area contributed by atoms with E-state index in [4.69, 9.17) is 10.5 Å². The van der Waals surface area contributed by atoms with E-state index in [2.05, 4.69) is 17.9 Å². The summed E-state index contributed by atoms with van der Waals surface area (Å²) in [7, 11) is 0. The van der Waals surface area contributed by atoms with Crippen molar-refractivity contribution >= 4 is 6.08 Å². The molecule has 0 bridgehead atoms. The molecule has 2 heterocycles. The van der Waals surface area contributed by atoms with Crippen molar-refractivity contribution in [3.05, 3.63) is 88.0 Å². The molecule has 158 valence electrons. The Morgan fingerprint density at radius 1 is 1.10 bits per heavy atom. The summed E-state index contributed by atoms with van der Waals surface area (Å²) in [6.45, 7) is 4.42. The molecule has 4 rings (SSSR count). The van der Waals surface area contributed by atoms with Crippen LogP contribution in [0.15, 0.2) is 76.9 Å². The van der Waals surface area contributed by atoms with Crippen LogP contribution < -0.4 is 5.73 Å². The summed E-state index contributed by atoms with van der Waals surface area (Å²) in [6.07, 6.45) is 3.04. The van der Waals surface area contributed by atoms with Crippen LogP contribution in [0, 0.1) is 11.3 Å². The third-order valence-electron chi connectivity index (χ3n) is 5.61. The monoisotopic (exact) mass is 415 g/mol. The molecule has 0 spiro atoms. The largest absolute Gasteiger partial charge is 0.508 e. The number of aromatic hydroxyl groups is 2. The van der Waals surface area contributed by atoms with Crippen LogP contribution in [-0.4, -0.2) is 34.7 Å². The fraction of sp³-hybridized carbons (Fsp3) is 0.240. The minimum atomic E-state index is -0.336. The summed E-state index contributed by atoms with van der Waals surface area (Å²) < 4.78 is 6.03. The molecule has 2 aliphatic rings.